The number of ketones is 1. The van der Waals surface area contributed by atoms with Gasteiger partial charge in [-0.1, -0.05) is 17.7 Å². The summed E-state index contributed by atoms with van der Waals surface area (Å²) in [5.74, 6) is -0.854. The van der Waals surface area contributed by atoms with Crippen molar-refractivity contribution in [2.45, 2.75) is 6.04 Å². The van der Waals surface area contributed by atoms with Gasteiger partial charge in [-0.25, -0.2) is 0 Å². The number of aromatic nitrogens is 1. The van der Waals surface area contributed by atoms with Crippen molar-refractivity contribution in [1.29, 1.82) is 0 Å². The summed E-state index contributed by atoms with van der Waals surface area (Å²) in [5, 5.41) is 11.5. The van der Waals surface area contributed by atoms with Crippen molar-refractivity contribution in [3.05, 3.63) is 88.7 Å². The minimum absolute atomic E-state index is 0.0521. The molecule has 3 aromatic rings. The summed E-state index contributed by atoms with van der Waals surface area (Å²) in [7, 11) is 0. The van der Waals surface area contributed by atoms with Crippen LogP contribution < -0.4 is 14.4 Å². The van der Waals surface area contributed by atoms with Gasteiger partial charge in [-0.15, -0.1) is 0 Å². The highest BCUT2D eigenvalue weighted by Crippen LogP contribution is 2.44. The van der Waals surface area contributed by atoms with Crippen LogP contribution in [-0.4, -0.2) is 28.6 Å². The van der Waals surface area contributed by atoms with E-state index < -0.39 is 17.7 Å². The van der Waals surface area contributed by atoms with Crippen molar-refractivity contribution in [3.63, 3.8) is 0 Å². The van der Waals surface area contributed by atoms with E-state index >= 15 is 0 Å². The number of halogens is 1. The number of carbonyl (C=O) groups is 2. The number of aliphatic hydroxyl groups is 1. The van der Waals surface area contributed by atoms with E-state index in [1.807, 2.05) is 0 Å². The normalized spacial score (nSPS) is 19.1. The molecule has 1 fully saturated rings. The van der Waals surface area contributed by atoms with E-state index in [2.05, 4.69) is 4.98 Å². The Morgan fingerprint density at radius 2 is 1.81 bits per heavy atom. The summed E-state index contributed by atoms with van der Waals surface area (Å²) in [4.78, 5) is 31.8. The molecule has 31 heavy (non-hydrogen) atoms. The number of nitrogens with zero attached hydrogens (tertiary/aromatic N) is 2. The van der Waals surface area contributed by atoms with Gasteiger partial charge in [0.05, 0.1) is 11.3 Å². The maximum absolute atomic E-state index is 13.1. The van der Waals surface area contributed by atoms with E-state index in [0.29, 0.717) is 33.5 Å². The molecule has 1 unspecified atom stereocenters. The molecule has 2 aromatic carbocycles. The molecule has 8 heteroatoms. The highest BCUT2D eigenvalue weighted by molar-refractivity contribution is 6.51. The average Bonchev–Trinajstić information content (AvgIpc) is 3.36. The fraction of sp³-hybridized carbons (Fsp3) is 0.0870. The van der Waals surface area contributed by atoms with Gasteiger partial charge in [0.15, 0.2) is 11.5 Å². The third-order valence-corrected chi connectivity index (χ3v) is 5.42. The molecular weight excluding hydrogens is 420 g/mol. The van der Waals surface area contributed by atoms with Gasteiger partial charge in [0.2, 0.25) is 6.79 Å². The Kier molecular flexibility index (Phi) is 4.60. The molecule has 0 radical (unpaired) electrons. The third-order valence-electron chi connectivity index (χ3n) is 5.16. The molecule has 2 aliphatic heterocycles. The first-order valence-corrected chi connectivity index (χ1v) is 9.80. The number of hydrogen-bond donors (Lipinski definition) is 1. The largest absolute Gasteiger partial charge is 0.507 e. The highest BCUT2D eigenvalue weighted by atomic mass is 35.5. The van der Waals surface area contributed by atoms with Crippen LogP contribution in [0.5, 0.6) is 11.5 Å². The summed E-state index contributed by atoms with van der Waals surface area (Å²) in [6, 6.07) is 15.6. The molecule has 0 spiro atoms. The van der Waals surface area contributed by atoms with Gasteiger partial charge in [0, 0.05) is 28.5 Å². The number of Topliss-reactive ketones (excluding diaryl/α,β-unsaturated/α-hetero) is 1. The van der Waals surface area contributed by atoms with Crippen LogP contribution in [0.4, 0.5) is 5.69 Å². The quantitative estimate of drug-likeness (QED) is 0.379. The predicted octanol–water partition coefficient (Wildman–Crippen LogP) is 4.09. The molecule has 1 saturated heterocycles. The number of benzene rings is 2. The number of pyridine rings is 1. The number of carbonyl (C=O) groups excluding carboxylic acids is 2. The van der Waals surface area contributed by atoms with Crippen LogP contribution in [0.2, 0.25) is 5.02 Å². The van der Waals surface area contributed by atoms with Crippen molar-refractivity contribution in [1.82, 2.24) is 4.98 Å². The first kappa shape index (κ1) is 19.1. The minimum Gasteiger partial charge on any atom is -0.507 e. The molecular formula is C23H15ClN2O5. The summed E-state index contributed by atoms with van der Waals surface area (Å²) < 4.78 is 10.8. The monoisotopic (exact) mass is 434 g/mol. The first-order chi connectivity index (χ1) is 15.0. The summed E-state index contributed by atoms with van der Waals surface area (Å²) in [6.07, 6.45) is 1.57. The Hall–Kier alpha value is -3.84. The molecule has 1 aromatic heterocycles. The van der Waals surface area contributed by atoms with E-state index in [9.17, 15) is 14.7 Å². The Morgan fingerprint density at radius 3 is 2.55 bits per heavy atom. The van der Waals surface area contributed by atoms with E-state index in [-0.39, 0.29) is 18.1 Å². The number of hydrogen-bond acceptors (Lipinski definition) is 6. The Balaban J connectivity index is 1.70. The molecule has 1 atom stereocenters. The summed E-state index contributed by atoms with van der Waals surface area (Å²) >= 11 is 5.94. The summed E-state index contributed by atoms with van der Waals surface area (Å²) in [5.41, 5.74) is 1.18. The zero-order valence-corrected chi connectivity index (χ0v) is 16.7. The zero-order chi connectivity index (χ0) is 21.5. The van der Waals surface area contributed by atoms with Crippen molar-refractivity contribution >= 4 is 34.7 Å². The van der Waals surface area contributed by atoms with Gasteiger partial charge in [-0.3, -0.25) is 19.5 Å². The minimum atomic E-state index is -0.919. The van der Waals surface area contributed by atoms with Gasteiger partial charge in [0.1, 0.15) is 11.8 Å². The number of fused-ring (bicyclic) bond motifs is 1. The highest BCUT2D eigenvalue weighted by Gasteiger charge is 2.47. The molecule has 2 aliphatic rings. The van der Waals surface area contributed by atoms with Crippen LogP contribution in [0.3, 0.4) is 0 Å². The molecule has 0 saturated carbocycles. The second-order valence-corrected chi connectivity index (χ2v) is 7.40. The van der Waals surface area contributed by atoms with Gasteiger partial charge in [-0.2, -0.15) is 0 Å². The third kappa shape index (κ3) is 3.19. The lowest BCUT2D eigenvalue weighted by Crippen LogP contribution is -2.29. The lowest BCUT2D eigenvalue weighted by Gasteiger charge is -2.24. The fourth-order valence-corrected chi connectivity index (χ4v) is 3.84. The second-order valence-electron chi connectivity index (χ2n) is 6.97. The van der Waals surface area contributed by atoms with Crippen LogP contribution in [0, 0.1) is 0 Å². The van der Waals surface area contributed by atoms with Crippen molar-refractivity contribution in [3.8, 4) is 11.5 Å². The number of rotatable bonds is 3. The van der Waals surface area contributed by atoms with Crippen molar-refractivity contribution in [2.24, 2.45) is 0 Å². The Labute approximate surface area is 182 Å². The second kappa shape index (κ2) is 7.45. The van der Waals surface area contributed by atoms with Gasteiger partial charge >= 0.3 is 0 Å². The Bertz CT molecular complexity index is 1220. The lowest BCUT2D eigenvalue weighted by molar-refractivity contribution is -0.132. The number of aliphatic hydroxyl groups excluding tert-OH is 1. The molecule has 3 heterocycles. The number of amides is 1. The van der Waals surface area contributed by atoms with Crippen LogP contribution in [-0.2, 0) is 9.59 Å². The van der Waals surface area contributed by atoms with Gasteiger partial charge in [0.25, 0.3) is 11.7 Å². The van der Waals surface area contributed by atoms with Crippen LogP contribution >= 0.6 is 11.6 Å². The standard InChI is InChI=1S/C23H15ClN2O5/c24-14-6-4-13(5-7-14)21(27)19-20(16-3-1-2-10-25-16)26(23(29)22(19)28)15-8-9-17-18(11-15)31-12-30-17/h1-11,20,27H,12H2/b21-19+. The van der Waals surface area contributed by atoms with Crippen LogP contribution in [0.15, 0.2) is 72.4 Å². The van der Waals surface area contributed by atoms with Crippen LogP contribution in [0.1, 0.15) is 17.3 Å². The maximum Gasteiger partial charge on any atom is 0.300 e. The SMILES string of the molecule is O=C1C(=O)N(c2ccc3c(c2)OCO3)C(c2ccccn2)/C1=C(\O)c1ccc(Cl)cc1. The molecule has 0 aliphatic carbocycles. The topological polar surface area (TPSA) is 89.0 Å². The Morgan fingerprint density at radius 1 is 1.03 bits per heavy atom. The molecule has 0 bridgehead atoms. The van der Waals surface area contributed by atoms with E-state index in [1.165, 1.54) is 4.90 Å². The molecule has 5 rings (SSSR count). The lowest BCUT2D eigenvalue weighted by atomic mass is 9.98. The molecule has 7 nitrogen and oxygen atoms in total. The fourth-order valence-electron chi connectivity index (χ4n) is 3.71. The maximum atomic E-state index is 13.1. The summed E-state index contributed by atoms with van der Waals surface area (Å²) in [6.45, 7) is 0.0812. The van der Waals surface area contributed by atoms with Crippen LogP contribution in [0.25, 0.3) is 5.76 Å². The zero-order valence-electron chi connectivity index (χ0n) is 16.0. The number of anilines is 1. The van der Waals surface area contributed by atoms with Crippen molar-refractivity contribution in [2.75, 3.05) is 11.7 Å². The number of ether oxygens (including phenoxy) is 2. The van der Waals surface area contributed by atoms with Gasteiger partial charge < -0.3 is 14.6 Å². The van der Waals surface area contributed by atoms with E-state index in [4.69, 9.17) is 21.1 Å². The molecule has 154 valence electrons. The van der Waals surface area contributed by atoms with Crippen molar-refractivity contribution < 1.29 is 24.2 Å². The smallest absolute Gasteiger partial charge is 0.300 e. The first-order valence-electron chi connectivity index (χ1n) is 9.42. The molecule has 1 N–H and O–H groups in total. The predicted molar refractivity (Wildman–Crippen MR) is 113 cm³/mol. The van der Waals surface area contributed by atoms with E-state index in [1.54, 1.807) is 66.9 Å². The van der Waals surface area contributed by atoms with Gasteiger partial charge in [-0.05, 0) is 48.5 Å². The molecule has 1 amide bonds. The average molecular weight is 435 g/mol. The van der Waals surface area contributed by atoms with E-state index in [0.717, 1.165) is 0 Å².